The van der Waals surface area contributed by atoms with Crippen molar-refractivity contribution in [2.24, 2.45) is 23.7 Å². The lowest BCUT2D eigenvalue weighted by atomic mass is 10.00. The second kappa shape index (κ2) is 38.8. The molecule has 598 valence electrons. The van der Waals surface area contributed by atoms with Crippen molar-refractivity contribution in [3.05, 3.63) is 149 Å². The van der Waals surface area contributed by atoms with Gasteiger partial charge in [0.2, 0.25) is 17.8 Å². The maximum atomic E-state index is 12.9. The molecule has 2 amide bonds. The molecule has 13 rings (SSSR count). The van der Waals surface area contributed by atoms with Gasteiger partial charge >= 0.3 is 23.2 Å². The zero-order chi connectivity index (χ0) is 80.5. The minimum absolute atomic E-state index is 0.00644. The number of likely N-dealkylation sites (tertiary alicyclic amines) is 1. The third kappa shape index (κ3) is 22.6. The van der Waals surface area contributed by atoms with Crippen molar-refractivity contribution in [1.29, 1.82) is 0 Å². The molecular formula is C72H101F4N17O16. The number of carbonyl (C=O) groups excluding carboxylic acids is 2. The lowest BCUT2D eigenvalue weighted by molar-refractivity contribution is -0.106. The van der Waals surface area contributed by atoms with E-state index in [0.717, 1.165) is 60.4 Å². The lowest BCUT2D eigenvalue weighted by Gasteiger charge is -2.16. The molecule has 5 fully saturated rings. The number of alkyl halides is 4. The Morgan fingerprint density at radius 3 is 1.48 bits per heavy atom. The van der Waals surface area contributed by atoms with Crippen LogP contribution >= 0.6 is 0 Å². The number of carbonyl (C=O) groups is 2. The average molecular weight is 1540 g/mol. The number of aromatic nitrogens is 11. The Kier molecular flexibility index (Phi) is 30.9. The maximum absolute atomic E-state index is 12.9. The van der Waals surface area contributed by atoms with E-state index in [9.17, 15) is 56.9 Å². The summed E-state index contributed by atoms with van der Waals surface area (Å²) >= 11 is 0. The highest BCUT2D eigenvalue weighted by molar-refractivity contribution is 6.05. The van der Waals surface area contributed by atoms with Gasteiger partial charge in [-0.1, -0.05) is 49.6 Å². The van der Waals surface area contributed by atoms with E-state index in [-0.39, 0.29) is 96.9 Å². The van der Waals surface area contributed by atoms with Crippen LogP contribution < -0.4 is 44.8 Å². The number of benzene rings is 2. The quantitative estimate of drug-likeness (QED) is 0.0561. The van der Waals surface area contributed by atoms with Gasteiger partial charge in [0.25, 0.3) is 17.4 Å². The number of amides is 2. The van der Waals surface area contributed by atoms with Crippen molar-refractivity contribution in [3.63, 3.8) is 0 Å². The standard InChI is InChI=1S/C13H19N5O2.2C13H14N2O2.C10H16N4O2.C9H14N4O2.2C7H12F2O3/c1-7-3-18(5-9(7)6-19)4-8-2-15-11-10(8)16-13(14)17-12(11)20;2*1-8-4-5-11(6-9(8)2)15-13(16)12-7-14-17-10(12)3;1-2-6-3-7(4-8(6)15)14-5-12-9(11)13-10(14)16;1-5-2-6(3-7(5)14)13-4-11-8(10)12-9(13)15;2*1-4-7(8,9)6(10)5(12-4)3-11-2/h2,7,9,15,19H,3-6H2,1H3,(H3,14,16,17,20);2*4-7H,1-3H3,(H,15,16);5-8,15H,2-4H2,1H3,(H2,11,13,16);4-7,14H,2-3H2,1H3,(H2,10,12,15);2*4-6,10H,3H2,1-2H3/t;;;6-,7+,8-;5-,6+,7-;;/m...00../s1. The molecule has 9 heterocycles. The van der Waals surface area contributed by atoms with Crippen LogP contribution in [-0.2, 0) is 25.5 Å². The highest BCUT2D eigenvalue weighted by atomic mass is 19.3. The molecule has 3 saturated heterocycles. The number of H-pyrrole nitrogens is 2. The number of aliphatic hydroxyl groups is 5. The summed E-state index contributed by atoms with van der Waals surface area (Å²) in [6, 6.07) is 11.6. The molecule has 0 spiro atoms. The Labute approximate surface area is 625 Å². The first-order chi connectivity index (χ1) is 51.4. The Balaban J connectivity index is 0.000000178. The van der Waals surface area contributed by atoms with E-state index in [1.807, 2.05) is 84.1 Å². The Bertz CT molecular complexity index is 4330. The summed E-state index contributed by atoms with van der Waals surface area (Å²) in [7, 11) is 2.74. The molecule has 0 radical (unpaired) electrons. The van der Waals surface area contributed by atoms with Crippen molar-refractivity contribution in [1.82, 2.24) is 59.2 Å². The molecule has 0 bridgehead atoms. The predicted octanol–water partition coefficient (Wildman–Crippen LogP) is 5.93. The van der Waals surface area contributed by atoms with Crippen LogP contribution in [0.15, 0.2) is 91.1 Å². The van der Waals surface area contributed by atoms with Crippen LogP contribution in [0.3, 0.4) is 0 Å². The molecule has 14 atom stereocenters. The monoisotopic (exact) mass is 1540 g/mol. The van der Waals surface area contributed by atoms with Gasteiger partial charge in [-0.3, -0.25) is 33.4 Å². The fraction of sp³-hybridized carbons (Fsp3) is 0.556. The van der Waals surface area contributed by atoms with Gasteiger partial charge in [-0.15, -0.1) is 0 Å². The van der Waals surface area contributed by atoms with Crippen LogP contribution in [0.2, 0.25) is 0 Å². The normalized spacial score (nSPS) is 25.0. The molecule has 6 aromatic heterocycles. The van der Waals surface area contributed by atoms with E-state index in [2.05, 4.69) is 77.1 Å². The maximum Gasteiger partial charge on any atom is 0.352 e. The SMILES string of the molecule is CC1CN(Cc2c[nH]c3c(=O)[nH]c(N)nc23)CC1CO.CC[C@H]1C[C@@H](n2cnc(N)nc2=O)C[C@@H]1O.COCC1OC(C)C(F)(F)C1O.COCC1OC(C)C(F)(F)C1O.C[C@H]1C[C@@H](n2cnc(N)nc2=O)C[C@@H]1O.Cc1ccc(NC(=O)c2cnoc2C)cc1C.Cc1ccc(NC(=O)c2cnoc2C)cc1C. The number of aromatic amines is 2. The Hall–Kier alpha value is -9.44. The third-order valence-electron chi connectivity index (χ3n) is 19.9. The number of rotatable bonds is 14. The van der Waals surface area contributed by atoms with Gasteiger partial charge in [-0.05, 0) is 151 Å². The van der Waals surface area contributed by atoms with Gasteiger partial charge in [0, 0.05) is 75.7 Å². The van der Waals surface area contributed by atoms with Crippen LogP contribution in [0.25, 0.3) is 11.0 Å². The number of anilines is 5. The number of hydrogen-bond donors (Lipinski definition) is 12. The highest BCUT2D eigenvalue weighted by Gasteiger charge is 2.57. The predicted molar refractivity (Wildman–Crippen MR) is 394 cm³/mol. The summed E-state index contributed by atoms with van der Waals surface area (Å²) < 4.78 is 83.0. The van der Waals surface area contributed by atoms with E-state index in [1.54, 1.807) is 13.8 Å². The molecule has 15 N–H and O–H groups in total. The van der Waals surface area contributed by atoms with Gasteiger partial charge in [-0.25, -0.2) is 42.1 Å². The smallest absolute Gasteiger partial charge is 0.352 e. The van der Waals surface area contributed by atoms with E-state index in [0.29, 0.717) is 64.9 Å². The molecule has 8 unspecified atom stereocenters. The zero-order valence-electron chi connectivity index (χ0n) is 63.2. The highest BCUT2D eigenvalue weighted by Crippen LogP contribution is 2.39. The fourth-order valence-electron chi connectivity index (χ4n) is 12.8. The molecule has 8 aromatic rings. The number of nitrogen functional groups attached to an aromatic ring is 3. The molecule has 2 saturated carbocycles. The van der Waals surface area contributed by atoms with Crippen molar-refractivity contribution in [3.8, 4) is 0 Å². The van der Waals surface area contributed by atoms with Crippen molar-refractivity contribution in [2.75, 3.05) is 75.0 Å². The summed E-state index contributed by atoms with van der Waals surface area (Å²) in [5.74, 6) is -4.31. The first-order valence-electron chi connectivity index (χ1n) is 35.4. The van der Waals surface area contributed by atoms with Crippen LogP contribution in [0, 0.1) is 65.2 Å². The molecule has 2 aliphatic carbocycles. The molecule has 2 aromatic carbocycles. The average Bonchev–Trinajstić information content (AvgIpc) is 1.67. The summed E-state index contributed by atoms with van der Waals surface area (Å²) in [5, 5.41) is 59.6. The molecular weight excluding hydrogens is 1430 g/mol. The number of nitrogens with one attached hydrogen (secondary N) is 4. The second-order valence-corrected chi connectivity index (χ2v) is 27.8. The first-order valence-corrected chi connectivity index (χ1v) is 35.4. The number of hydrogen-bond acceptors (Lipinski definition) is 27. The number of fused-ring (bicyclic) bond motifs is 1. The van der Waals surface area contributed by atoms with Crippen LogP contribution in [0.5, 0.6) is 0 Å². The molecule has 5 aliphatic rings. The van der Waals surface area contributed by atoms with Crippen LogP contribution in [0.1, 0.15) is 139 Å². The van der Waals surface area contributed by atoms with Gasteiger partial charge in [0.1, 0.15) is 83.0 Å². The van der Waals surface area contributed by atoms with Gasteiger partial charge < -0.3 is 86.3 Å². The van der Waals surface area contributed by atoms with E-state index in [1.165, 1.54) is 73.4 Å². The number of aryl methyl sites for hydroxylation is 6. The van der Waals surface area contributed by atoms with E-state index < -0.39 is 54.2 Å². The summed E-state index contributed by atoms with van der Waals surface area (Å²) in [6.07, 6.45) is 2.61. The minimum atomic E-state index is -3.16. The number of aliphatic hydroxyl groups excluding tert-OH is 5. The molecule has 109 heavy (non-hydrogen) atoms. The lowest BCUT2D eigenvalue weighted by Crippen LogP contribution is -2.39. The fourth-order valence-corrected chi connectivity index (χ4v) is 12.8. The molecule has 3 aliphatic heterocycles. The minimum Gasteiger partial charge on any atom is -0.396 e. The summed E-state index contributed by atoms with van der Waals surface area (Å²) in [6.45, 7) is 22.8. The molecule has 37 heteroatoms. The van der Waals surface area contributed by atoms with E-state index >= 15 is 0 Å². The number of nitrogens with two attached hydrogens (primary N) is 3. The Morgan fingerprint density at radius 2 is 1.11 bits per heavy atom. The largest absolute Gasteiger partial charge is 0.396 e. The number of ether oxygens (including phenoxy) is 4. The van der Waals surface area contributed by atoms with Crippen LogP contribution in [-0.4, -0.2) is 204 Å². The van der Waals surface area contributed by atoms with E-state index in [4.69, 9.17) is 45.9 Å². The van der Waals surface area contributed by atoms with Gasteiger partial charge in [0.05, 0.1) is 37.8 Å². The number of methoxy groups -OCH3 is 2. The third-order valence-corrected chi connectivity index (χ3v) is 19.9. The van der Waals surface area contributed by atoms with Crippen molar-refractivity contribution >= 4 is 52.1 Å². The van der Waals surface area contributed by atoms with Crippen molar-refractivity contribution in [2.45, 2.75) is 188 Å². The number of halogens is 4. The second-order valence-electron chi connectivity index (χ2n) is 27.8. The topological polar surface area (TPSA) is 487 Å². The zero-order valence-corrected chi connectivity index (χ0v) is 63.2. The first kappa shape index (κ1) is 86.8. The summed E-state index contributed by atoms with van der Waals surface area (Å²) in [4.78, 5) is 85.2. The summed E-state index contributed by atoms with van der Waals surface area (Å²) in [5.41, 5.74) is 24.4. The Morgan fingerprint density at radius 1 is 0.642 bits per heavy atom. The van der Waals surface area contributed by atoms with Gasteiger partial charge in [-0.2, -0.15) is 9.97 Å². The molecule has 33 nitrogen and oxygen atoms in total. The van der Waals surface area contributed by atoms with Gasteiger partial charge in [0.15, 0.2) is 0 Å². The number of nitrogens with zero attached hydrogens (tertiary/aromatic N) is 10. The van der Waals surface area contributed by atoms with Crippen LogP contribution in [0.4, 0.5) is 46.8 Å². The van der Waals surface area contributed by atoms with Crippen molar-refractivity contribution < 1.29 is 80.7 Å².